The second-order valence-corrected chi connectivity index (χ2v) is 5.87. The van der Waals surface area contributed by atoms with Crippen LogP contribution in [0.25, 0.3) is 5.57 Å². The molecule has 0 saturated carbocycles. The van der Waals surface area contributed by atoms with Crippen molar-refractivity contribution < 1.29 is 9.90 Å². The van der Waals surface area contributed by atoms with E-state index in [0.29, 0.717) is 5.92 Å². The number of carboxylic acids is 1. The van der Waals surface area contributed by atoms with Crippen molar-refractivity contribution in [3.63, 3.8) is 0 Å². The first-order valence-electron chi connectivity index (χ1n) is 7.40. The van der Waals surface area contributed by atoms with Crippen LogP contribution < -0.4 is 0 Å². The maximum Gasteiger partial charge on any atom is 0.303 e. The molecule has 2 nitrogen and oxygen atoms in total. The lowest BCUT2D eigenvalue weighted by atomic mass is 9.90. The minimum atomic E-state index is -0.703. The molecule has 0 aromatic heterocycles. The molecule has 0 heterocycles. The van der Waals surface area contributed by atoms with Crippen LogP contribution in [0.1, 0.15) is 58.1 Å². The van der Waals surface area contributed by atoms with Gasteiger partial charge in [0.2, 0.25) is 0 Å². The number of hydrogen-bond donors (Lipinski definition) is 1. The second kappa shape index (κ2) is 7.88. The van der Waals surface area contributed by atoms with Gasteiger partial charge in [0.1, 0.15) is 0 Å². The molecule has 1 rings (SSSR count). The molecular weight excluding hydrogens is 248 g/mol. The van der Waals surface area contributed by atoms with Crippen LogP contribution in [0.4, 0.5) is 0 Å². The standard InChI is InChI=1S/C18H26O2/c1-13(2)18(14(3)4)16-10-7-9-15(12-16)8-5-6-11-17(19)20/h7,9-10,12-13H,5-6,8,11H2,1-4H3,(H,19,20). The van der Waals surface area contributed by atoms with Gasteiger partial charge in [0, 0.05) is 6.42 Å². The quantitative estimate of drug-likeness (QED) is 0.715. The highest BCUT2D eigenvalue weighted by Gasteiger charge is 2.09. The molecule has 0 amide bonds. The zero-order valence-corrected chi connectivity index (χ0v) is 13.1. The largest absolute Gasteiger partial charge is 0.481 e. The number of carboxylic acid groups (broad SMARTS) is 1. The van der Waals surface area contributed by atoms with Gasteiger partial charge in [-0.1, -0.05) is 43.7 Å². The molecule has 0 unspecified atom stereocenters. The third-order valence-electron chi connectivity index (χ3n) is 3.46. The van der Waals surface area contributed by atoms with Gasteiger partial charge in [0.15, 0.2) is 0 Å². The van der Waals surface area contributed by atoms with Crippen LogP contribution in [0, 0.1) is 5.92 Å². The first kappa shape index (κ1) is 16.5. The minimum absolute atomic E-state index is 0.269. The molecule has 0 aliphatic rings. The normalized spacial score (nSPS) is 10.7. The minimum Gasteiger partial charge on any atom is -0.481 e. The molecule has 1 aromatic rings. The Bertz CT molecular complexity index is 480. The number of unbranched alkanes of at least 4 members (excludes halogenated alkanes) is 1. The van der Waals surface area contributed by atoms with E-state index in [-0.39, 0.29) is 6.42 Å². The van der Waals surface area contributed by atoms with Crippen molar-refractivity contribution in [3.8, 4) is 0 Å². The van der Waals surface area contributed by atoms with Crippen LogP contribution in [0.5, 0.6) is 0 Å². The van der Waals surface area contributed by atoms with Gasteiger partial charge < -0.3 is 5.11 Å². The first-order chi connectivity index (χ1) is 9.41. The third kappa shape index (κ3) is 5.20. The van der Waals surface area contributed by atoms with Crippen molar-refractivity contribution in [3.05, 3.63) is 41.0 Å². The van der Waals surface area contributed by atoms with Gasteiger partial charge in [0.25, 0.3) is 0 Å². The molecule has 110 valence electrons. The number of aliphatic carboxylic acids is 1. The van der Waals surface area contributed by atoms with Crippen LogP contribution >= 0.6 is 0 Å². The van der Waals surface area contributed by atoms with Crippen molar-refractivity contribution in [1.82, 2.24) is 0 Å². The van der Waals surface area contributed by atoms with Gasteiger partial charge in [-0.2, -0.15) is 0 Å². The van der Waals surface area contributed by atoms with E-state index in [1.54, 1.807) is 0 Å². The summed E-state index contributed by atoms with van der Waals surface area (Å²) in [5, 5.41) is 8.64. The predicted octanol–water partition coefficient (Wildman–Crippen LogP) is 4.93. The van der Waals surface area contributed by atoms with Crippen LogP contribution in [-0.2, 0) is 11.2 Å². The van der Waals surface area contributed by atoms with Crippen LogP contribution in [-0.4, -0.2) is 11.1 Å². The summed E-state index contributed by atoms with van der Waals surface area (Å²) >= 11 is 0. The van der Waals surface area contributed by atoms with E-state index >= 15 is 0 Å². The highest BCUT2D eigenvalue weighted by atomic mass is 16.4. The molecule has 0 saturated heterocycles. The van der Waals surface area contributed by atoms with E-state index in [2.05, 4.69) is 52.0 Å². The lowest BCUT2D eigenvalue weighted by Crippen LogP contribution is -1.98. The number of allylic oxidation sites excluding steroid dienone is 2. The summed E-state index contributed by atoms with van der Waals surface area (Å²) in [6.07, 6.45) is 2.90. The molecule has 0 atom stereocenters. The summed E-state index contributed by atoms with van der Waals surface area (Å²) in [5.41, 5.74) is 5.38. The zero-order chi connectivity index (χ0) is 15.1. The average molecular weight is 274 g/mol. The van der Waals surface area contributed by atoms with E-state index < -0.39 is 5.97 Å². The van der Waals surface area contributed by atoms with Crippen molar-refractivity contribution in [2.24, 2.45) is 5.92 Å². The Morgan fingerprint density at radius 3 is 2.45 bits per heavy atom. The lowest BCUT2D eigenvalue weighted by Gasteiger charge is -2.15. The van der Waals surface area contributed by atoms with E-state index in [1.807, 2.05) is 0 Å². The molecule has 0 aliphatic heterocycles. The number of rotatable bonds is 7. The van der Waals surface area contributed by atoms with Gasteiger partial charge in [-0.15, -0.1) is 0 Å². The molecule has 20 heavy (non-hydrogen) atoms. The van der Waals surface area contributed by atoms with Crippen LogP contribution in [0.2, 0.25) is 0 Å². The highest BCUT2D eigenvalue weighted by Crippen LogP contribution is 2.27. The SMILES string of the molecule is CC(C)=C(c1cccc(CCCCC(=O)O)c1)C(C)C. The summed E-state index contributed by atoms with van der Waals surface area (Å²) in [5.74, 6) is -0.187. The predicted molar refractivity (Wildman–Crippen MR) is 84.7 cm³/mol. The second-order valence-electron chi connectivity index (χ2n) is 5.87. The van der Waals surface area contributed by atoms with Crippen LogP contribution in [0.15, 0.2) is 29.8 Å². The van der Waals surface area contributed by atoms with E-state index in [4.69, 9.17) is 5.11 Å². The summed E-state index contributed by atoms with van der Waals surface area (Å²) < 4.78 is 0. The molecular formula is C18H26O2. The fraction of sp³-hybridized carbons (Fsp3) is 0.500. The molecule has 0 spiro atoms. The van der Waals surface area contributed by atoms with E-state index in [1.165, 1.54) is 22.3 Å². The highest BCUT2D eigenvalue weighted by molar-refractivity contribution is 5.69. The van der Waals surface area contributed by atoms with Gasteiger partial charge in [-0.25, -0.2) is 0 Å². The van der Waals surface area contributed by atoms with Gasteiger partial charge >= 0.3 is 5.97 Å². The molecule has 1 aromatic carbocycles. The van der Waals surface area contributed by atoms with Gasteiger partial charge in [-0.05, 0) is 55.7 Å². The average Bonchev–Trinajstić information content (AvgIpc) is 2.34. The van der Waals surface area contributed by atoms with Gasteiger partial charge in [-0.3, -0.25) is 4.79 Å². The number of benzene rings is 1. The molecule has 0 radical (unpaired) electrons. The van der Waals surface area contributed by atoms with E-state index in [0.717, 1.165) is 19.3 Å². The first-order valence-corrected chi connectivity index (χ1v) is 7.40. The Morgan fingerprint density at radius 2 is 1.90 bits per heavy atom. The lowest BCUT2D eigenvalue weighted by molar-refractivity contribution is -0.137. The summed E-state index contributed by atoms with van der Waals surface area (Å²) in [4.78, 5) is 10.5. The molecule has 0 fully saturated rings. The molecule has 0 aliphatic carbocycles. The molecule has 2 heteroatoms. The maximum atomic E-state index is 10.5. The van der Waals surface area contributed by atoms with Crippen molar-refractivity contribution in [2.75, 3.05) is 0 Å². The Kier molecular flexibility index (Phi) is 6.50. The Morgan fingerprint density at radius 1 is 1.20 bits per heavy atom. The Labute approximate surface area is 122 Å². The van der Waals surface area contributed by atoms with Crippen molar-refractivity contribution in [2.45, 2.75) is 53.4 Å². The Balaban J connectivity index is 2.75. The van der Waals surface area contributed by atoms with Gasteiger partial charge in [0.05, 0.1) is 0 Å². The zero-order valence-electron chi connectivity index (χ0n) is 13.1. The number of aryl methyl sites for hydroxylation is 1. The Hall–Kier alpha value is -1.57. The third-order valence-corrected chi connectivity index (χ3v) is 3.46. The van der Waals surface area contributed by atoms with Crippen molar-refractivity contribution in [1.29, 1.82) is 0 Å². The van der Waals surface area contributed by atoms with Crippen molar-refractivity contribution >= 4 is 11.5 Å². The molecule has 1 N–H and O–H groups in total. The number of carbonyl (C=O) groups is 1. The number of hydrogen-bond acceptors (Lipinski definition) is 1. The smallest absolute Gasteiger partial charge is 0.303 e. The van der Waals surface area contributed by atoms with E-state index in [9.17, 15) is 4.79 Å². The summed E-state index contributed by atoms with van der Waals surface area (Å²) in [7, 11) is 0. The summed E-state index contributed by atoms with van der Waals surface area (Å²) in [6, 6.07) is 8.66. The summed E-state index contributed by atoms with van der Waals surface area (Å²) in [6.45, 7) is 8.77. The maximum absolute atomic E-state index is 10.5. The monoisotopic (exact) mass is 274 g/mol. The fourth-order valence-electron chi connectivity index (χ4n) is 2.70. The fourth-order valence-corrected chi connectivity index (χ4v) is 2.70. The molecule has 0 bridgehead atoms. The topological polar surface area (TPSA) is 37.3 Å². The van der Waals surface area contributed by atoms with Crippen LogP contribution in [0.3, 0.4) is 0 Å².